The van der Waals surface area contributed by atoms with Crippen LogP contribution in [0.1, 0.15) is 16.0 Å². The third-order valence-electron chi connectivity index (χ3n) is 4.05. The normalized spacial score (nSPS) is 11.6. The minimum Gasteiger partial charge on any atom is -0.496 e. The van der Waals surface area contributed by atoms with Gasteiger partial charge in [0.2, 0.25) is 15.9 Å². The van der Waals surface area contributed by atoms with Crippen molar-refractivity contribution in [1.29, 1.82) is 0 Å². The number of H-pyrrole nitrogens is 1. The molecular weight excluding hydrogens is 459 g/mol. The number of thiazole rings is 1. The van der Waals surface area contributed by atoms with Crippen molar-refractivity contribution in [2.75, 3.05) is 7.11 Å². The highest BCUT2D eigenvalue weighted by Gasteiger charge is 2.19. The zero-order chi connectivity index (χ0) is 21.2. The maximum atomic E-state index is 12.6. The van der Waals surface area contributed by atoms with Crippen molar-refractivity contribution in [2.45, 2.75) is 17.9 Å². The lowest BCUT2D eigenvalue weighted by Crippen LogP contribution is -2.24. The lowest BCUT2D eigenvalue weighted by Gasteiger charge is -2.13. The Kier molecular flexibility index (Phi) is 6.55. The molecule has 29 heavy (non-hydrogen) atoms. The molecule has 11 heteroatoms. The molecule has 1 heterocycles. The lowest BCUT2D eigenvalue weighted by atomic mass is 10.1. The molecule has 154 valence electrons. The van der Waals surface area contributed by atoms with E-state index in [-0.39, 0.29) is 27.2 Å². The molecule has 0 aliphatic heterocycles. The van der Waals surface area contributed by atoms with Crippen molar-refractivity contribution in [3.63, 3.8) is 0 Å². The smallest absolute Gasteiger partial charge is 0.307 e. The van der Waals surface area contributed by atoms with E-state index in [2.05, 4.69) is 9.71 Å². The highest BCUT2D eigenvalue weighted by molar-refractivity contribution is 7.89. The molecule has 0 radical (unpaired) electrons. The van der Waals surface area contributed by atoms with Crippen LogP contribution >= 0.6 is 34.5 Å². The number of aromatic amines is 1. The average Bonchev–Trinajstić information content (AvgIpc) is 2.97. The molecule has 0 atom stereocenters. The summed E-state index contributed by atoms with van der Waals surface area (Å²) < 4.78 is 33.0. The Morgan fingerprint density at radius 2 is 1.97 bits per heavy atom. The van der Waals surface area contributed by atoms with Crippen molar-refractivity contribution in [3.05, 3.63) is 72.1 Å². The molecule has 0 spiro atoms. The van der Waals surface area contributed by atoms with Crippen LogP contribution in [0.15, 0.2) is 46.1 Å². The fourth-order valence-corrected chi connectivity index (χ4v) is 5.22. The summed E-state index contributed by atoms with van der Waals surface area (Å²) in [6.45, 7) is -0.0480. The first-order valence-corrected chi connectivity index (χ1v) is 11.3. The minimum absolute atomic E-state index is 0.0172. The van der Waals surface area contributed by atoms with Gasteiger partial charge in [0, 0.05) is 23.6 Å². The van der Waals surface area contributed by atoms with Crippen LogP contribution in [0.25, 0.3) is 0 Å². The third kappa shape index (κ3) is 5.12. The molecule has 0 aliphatic rings. The summed E-state index contributed by atoms with van der Waals surface area (Å²) in [6.07, 6.45) is 0.308. The quantitative estimate of drug-likeness (QED) is 0.485. The number of halogens is 2. The SMILES string of the molecule is COc1ccc(Cc2sc(=O)[nH]c2O)cc1CNS(=O)(=O)c1ccc(Cl)cc1Cl. The molecule has 0 saturated heterocycles. The van der Waals surface area contributed by atoms with E-state index >= 15 is 0 Å². The minimum atomic E-state index is -3.89. The maximum absolute atomic E-state index is 12.6. The molecule has 0 amide bonds. The van der Waals surface area contributed by atoms with E-state index in [1.54, 1.807) is 18.2 Å². The zero-order valence-electron chi connectivity index (χ0n) is 15.0. The first kappa shape index (κ1) is 21.7. The summed E-state index contributed by atoms with van der Waals surface area (Å²) in [6, 6.07) is 9.34. The number of hydrogen-bond acceptors (Lipinski definition) is 6. The van der Waals surface area contributed by atoms with Gasteiger partial charge < -0.3 is 9.84 Å². The van der Waals surface area contributed by atoms with E-state index < -0.39 is 10.0 Å². The van der Waals surface area contributed by atoms with Crippen LogP contribution in [-0.2, 0) is 23.0 Å². The number of sulfonamides is 1. The van der Waals surface area contributed by atoms with Gasteiger partial charge in [-0.15, -0.1) is 0 Å². The molecule has 0 saturated carbocycles. The number of aromatic nitrogens is 1. The van der Waals surface area contributed by atoms with E-state index in [1.165, 1.54) is 25.3 Å². The van der Waals surface area contributed by atoms with Crippen LogP contribution < -0.4 is 14.3 Å². The van der Waals surface area contributed by atoms with Gasteiger partial charge in [-0.1, -0.05) is 46.7 Å². The van der Waals surface area contributed by atoms with Crippen LogP contribution in [0.2, 0.25) is 10.0 Å². The van der Waals surface area contributed by atoms with Crippen LogP contribution in [0, 0.1) is 0 Å². The monoisotopic (exact) mass is 474 g/mol. The van der Waals surface area contributed by atoms with Crippen molar-refractivity contribution < 1.29 is 18.3 Å². The van der Waals surface area contributed by atoms with Gasteiger partial charge >= 0.3 is 4.87 Å². The van der Waals surface area contributed by atoms with Crippen LogP contribution in [-0.4, -0.2) is 25.6 Å². The van der Waals surface area contributed by atoms with E-state index in [9.17, 15) is 18.3 Å². The summed E-state index contributed by atoms with van der Waals surface area (Å²) >= 11 is 12.7. The first-order valence-electron chi connectivity index (χ1n) is 8.21. The summed E-state index contributed by atoms with van der Waals surface area (Å²) in [5.74, 6) is 0.320. The number of methoxy groups -OCH3 is 1. The molecular formula is C18H16Cl2N2O5S2. The maximum Gasteiger partial charge on any atom is 0.307 e. The number of hydrogen-bond donors (Lipinski definition) is 3. The lowest BCUT2D eigenvalue weighted by molar-refractivity contribution is 0.409. The Morgan fingerprint density at radius 3 is 2.59 bits per heavy atom. The number of aromatic hydroxyl groups is 1. The zero-order valence-corrected chi connectivity index (χ0v) is 18.2. The number of ether oxygens (including phenoxy) is 1. The summed E-state index contributed by atoms with van der Waals surface area (Å²) in [5.41, 5.74) is 1.36. The predicted octanol–water partition coefficient (Wildman–Crippen LogP) is 3.53. The van der Waals surface area contributed by atoms with Crippen molar-refractivity contribution in [1.82, 2.24) is 9.71 Å². The first-order chi connectivity index (χ1) is 13.7. The fourth-order valence-electron chi connectivity index (χ4n) is 2.68. The van der Waals surface area contributed by atoms with Gasteiger partial charge in [0.25, 0.3) is 0 Å². The Hall–Kier alpha value is -2.04. The van der Waals surface area contributed by atoms with Gasteiger partial charge in [0.15, 0.2) is 0 Å². The highest BCUT2D eigenvalue weighted by Crippen LogP contribution is 2.27. The second kappa shape index (κ2) is 8.76. The molecule has 0 unspecified atom stereocenters. The van der Waals surface area contributed by atoms with E-state index in [4.69, 9.17) is 27.9 Å². The highest BCUT2D eigenvalue weighted by atomic mass is 35.5. The van der Waals surface area contributed by atoms with Gasteiger partial charge in [-0.25, -0.2) is 13.1 Å². The Morgan fingerprint density at radius 1 is 1.21 bits per heavy atom. The Balaban J connectivity index is 1.84. The molecule has 1 aromatic heterocycles. The van der Waals surface area contributed by atoms with Gasteiger partial charge in [0.05, 0.1) is 17.0 Å². The molecule has 2 aromatic carbocycles. The topological polar surface area (TPSA) is 108 Å². The number of rotatable bonds is 7. The predicted molar refractivity (Wildman–Crippen MR) is 113 cm³/mol. The molecule has 7 nitrogen and oxygen atoms in total. The van der Waals surface area contributed by atoms with Gasteiger partial charge in [-0.2, -0.15) is 0 Å². The van der Waals surface area contributed by atoms with Gasteiger partial charge in [-0.05, 0) is 29.8 Å². The van der Waals surface area contributed by atoms with E-state index in [0.29, 0.717) is 27.6 Å². The second-order valence-corrected chi connectivity index (χ2v) is 9.66. The molecule has 3 aromatic rings. The van der Waals surface area contributed by atoms with Crippen LogP contribution in [0.4, 0.5) is 0 Å². The van der Waals surface area contributed by atoms with Crippen LogP contribution in [0.5, 0.6) is 11.6 Å². The van der Waals surface area contributed by atoms with E-state index in [0.717, 1.165) is 16.9 Å². The molecule has 0 aliphatic carbocycles. The van der Waals surface area contributed by atoms with Crippen molar-refractivity contribution in [2.24, 2.45) is 0 Å². The van der Waals surface area contributed by atoms with Crippen molar-refractivity contribution >= 4 is 44.6 Å². The molecule has 0 fully saturated rings. The largest absolute Gasteiger partial charge is 0.496 e. The average molecular weight is 475 g/mol. The molecule has 3 rings (SSSR count). The summed E-state index contributed by atoms with van der Waals surface area (Å²) in [5, 5.41) is 10.1. The second-order valence-electron chi connectivity index (χ2n) is 6.01. The number of nitrogens with one attached hydrogen (secondary N) is 2. The molecule has 3 N–H and O–H groups in total. The summed E-state index contributed by atoms with van der Waals surface area (Å²) in [7, 11) is -2.41. The van der Waals surface area contributed by atoms with Gasteiger partial charge in [0.1, 0.15) is 10.6 Å². The number of benzene rings is 2. The van der Waals surface area contributed by atoms with Crippen molar-refractivity contribution in [3.8, 4) is 11.6 Å². The molecule has 0 bridgehead atoms. The Labute approximate surface area is 180 Å². The third-order valence-corrected chi connectivity index (χ3v) is 7.04. The van der Waals surface area contributed by atoms with Crippen LogP contribution in [0.3, 0.4) is 0 Å². The summed E-state index contributed by atoms with van der Waals surface area (Å²) in [4.78, 5) is 13.7. The Bertz CT molecular complexity index is 1210. The fraction of sp³-hybridized carbons (Fsp3) is 0.167. The van der Waals surface area contributed by atoms with E-state index in [1.807, 2.05) is 0 Å². The van der Waals surface area contributed by atoms with Gasteiger partial charge in [-0.3, -0.25) is 9.78 Å². The standard InChI is InChI=1S/C18H16Cl2N2O5S2/c1-27-14-4-2-10(7-15-17(23)22-18(24)28-15)6-11(14)9-21-29(25,26)16-5-3-12(19)8-13(16)20/h2-6,8,21,23H,7,9H2,1H3,(H,22,24).